The fraction of sp³-hybridized carbons (Fsp3) is 0.304. The lowest BCUT2D eigenvalue weighted by molar-refractivity contribution is 0.0990. The highest BCUT2D eigenvalue weighted by Gasteiger charge is 2.27. The maximum atomic E-state index is 13.3. The molecule has 0 bridgehead atoms. The summed E-state index contributed by atoms with van der Waals surface area (Å²) in [6.45, 7) is 2.05. The van der Waals surface area contributed by atoms with Gasteiger partial charge in [-0.05, 0) is 49.3 Å². The number of hydrogen-bond donors (Lipinski definition) is 2. The second kappa shape index (κ2) is 9.36. The Hall–Kier alpha value is -3.10. The zero-order valence-electron chi connectivity index (χ0n) is 17.7. The Morgan fingerprint density at radius 2 is 2.10 bits per heavy atom. The summed E-state index contributed by atoms with van der Waals surface area (Å²) in [6.07, 6.45) is 0.816. The van der Waals surface area contributed by atoms with E-state index in [4.69, 9.17) is 10.5 Å². The number of rotatable bonds is 7. The number of hydrogen-bond acceptors (Lipinski definition) is 7. The first-order chi connectivity index (χ1) is 15.1. The van der Waals surface area contributed by atoms with Crippen LogP contribution in [0.4, 0.5) is 17.3 Å². The van der Waals surface area contributed by atoms with Crippen molar-refractivity contribution in [2.45, 2.75) is 12.5 Å². The molecule has 2 aromatic heterocycles. The van der Waals surface area contributed by atoms with Gasteiger partial charge in [0.15, 0.2) is 0 Å². The molecule has 1 aromatic carbocycles. The predicted molar refractivity (Wildman–Crippen MR) is 126 cm³/mol. The van der Waals surface area contributed by atoms with E-state index >= 15 is 0 Å². The molecule has 1 atom stereocenters. The monoisotopic (exact) mass is 437 g/mol. The average Bonchev–Trinajstić information content (AvgIpc) is 3.28. The quantitative estimate of drug-likeness (QED) is 0.588. The molecule has 0 aliphatic carbocycles. The molecular weight excluding hydrogens is 410 g/mol. The lowest BCUT2D eigenvalue weighted by Gasteiger charge is -2.23. The van der Waals surface area contributed by atoms with Crippen LogP contribution in [0.1, 0.15) is 27.8 Å². The number of pyridine rings is 1. The van der Waals surface area contributed by atoms with E-state index in [2.05, 4.69) is 21.7 Å². The van der Waals surface area contributed by atoms with Gasteiger partial charge in [-0.3, -0.25) is 4.79 Å². The SMILES string of the molecule is CNCCC(Oc1cccc(N2CCN(C)c3nc(N)ccc3C2=O)c1)c1cccs1. The Morgan fingerprint density at radius 1 is 1.23 bits per heavy atom. The molecule has 162 valence electrons. The molecule has 8 heteroatoms. The molecule has 1 unspecified atom stereocenters. The number of likely N-dealkylation sites (N-methyl/N-ethyl adjacent to an activating group) is 1. The highest BCUT2D eigenvalue weighted by atomic mass is 32.1. The third-order valence-corrected chi connectivity index (χ3v) is 6.28. The highest BCUT2D eigenvalue weighted by Crippen LogP contribution is 2.32. The number of anilines is 3. The molecule has 0 saturated carbocycles. The zero-order valence-corrected chi connectivity index (χ0v) is 18.6. The fourth-order valence-corrected chi connectivity index (χ4v) is 4.46. The summed E-state index contributed by atoms with van der Waals surface area (Å²) in [7, 11) is 3.86. The van der Waals surface area contributed by atoms with Gasteiger partial charge in [0.2, 0.25) is 0 Å². The largest absolute Gasteiger partial charge is 0.485 e. The van der Waals surface area contributed by atoms with Crippen LogP contribution < -0.4 is 25.6 Å². The van der Waals surface area contributed by atoms with E-state index in [0.717, 1.165) is 24.4 Å². The Kier molecular flexibility index (Phi) is 6.39. The molecule has 31 heavy (non-hydrogen) atoms. The van der Waals surface area contributed by atoms with Crippen LogP contribution in [0.5, 0.6) is 5.75 Å². The van der Waals surface area contributed by atoms with Crippen molar-refractivity contribution in [1.29, 1.82) is 0 Å². The Balaban J connectivity index is 1.60. The van der Waals surface area contributed by atoms with Crippen molar-refractivity contribution < 1.29 is 9.53 Å². The number of nitrogens with two attached hydrogens (primary N) is 1. The van der Waals surface area contributed by atoms with Crippen LogP contribution in [0.25, 0.3) is 0 Å². The van der Waals surface area contributed by atoms with Gasteiger partial charge in [-0.2, -0.15) is 0 Å². The second-order valence-corrected chi connectivity index (χ2v) is 8.48. The van der Waals surface area contributed by atoms with Gasteiger partial charge in [0, 0.05) is 43.2 Å². The molecule has 3 aromatic rings. The molecule has 0 radical (unpaired) electrons. The first-order valence-corrected chi connectivity index (χ1v) is 11.2. The van der Waals surface area contributed by atoms with Crippen molar-refractivity contribution in [3.8, 4) is 5.75 Å². The molecule has 1 amide bonds. The van der Waals surface area contributed by atoms with Crippen LogP contribution in [0, 0.1) is 0 Å². The van der Waals surface area contributed by atoms with Gasteiger partial charge >= 0.3 is 0 Å². The van der Waals surface area contributed by atoms with Gasteiger partial charge in [-0.15, -0.1) is 11.3 Å². The summed E-state index contributed by atoms with van der Waals surface area (Å²) in [5.41, 5.74) is 7.20. The van der Waals surface area contributed by atoms with Crippen molar-refractivity contribution in [1.82, 2.24) is 10.3 Å². The molecule has 1 aliphatic rings. The second-order valence-electron chi connectivity index (χ2n) is 7.50. The van der Waals surface area contributed by atoms with Crippen molar-refractivity contribution in [3.63, 3.8) is 0 Å². The molecule has 7 nitrogen and oxygen atoms in total. The van der Waals surface area contributed by atoms with E-state index in [9.17, 15) is 4.79 Å². The third kappa shape index (κ3) is 4.65. The summed E-state index contributed by atoms with van der Waals surface area (Å²) in [5, 5.41) is 5.25. The van der Waals surface area contributed by atoms with E-state index in [-0.39, 0.29) is 12.0 Å². The summed E-state index contributed by atoms with van der Waals surface area (Å²) in [6, 6.07) is 15.3. The summed E-state index contributed by atoms with van der Waals surface area (Å²) < 4.78 is 6.36. The van der Waals surface area contributed by atoms with E-state index in [1.54, 1.807) is 28.4 Å². The topological polar surface area (TPSA) is 83.7 Å². The number of fused-ring (bicyclic) bond motifs is 1. The standard InChI is InChI=1S/C23H27N5O2S/c1-25-11-10-19(20-7-4-14-31-20)30-17-6-3-5-16(15-17)28-13-12-27(2)22-18(23(28)29)8-9-21(24)26-22/h3-9,14-15,19,25H,10-13H2,1-2H3,(H2,24,26). The van der Waals surface area contributed by atoms with Gasteiger partial charge in [-0.25, -0.2) is 4.98 Å². The number of nitrogens with zero attached hydrogens (tertiary/aromatic N) is 3. The normalized spacial score (nSPS) is 14.8. The Morgan fingerprint density at radius 3 is 2.87 bits per heavy atom. The molecule has 4 rings (SSSR count). The number of benzene rings is 1. The van der Waals surface area contributed by atoms with Crippen LogP contribution in [0.15, 0.2) is 53.9 Å². The smallest absolute Gasteiger partial charge is 0.262 e. The highest BCUT2D eigenvalue weighted by molar-refractivity contribution is 7.10. The van der Waals surface area contributed by atoms with Crippen LogP contribution in [0.3, 0.4) is 0 Å². The van der Waals surface area contributed by atoms with Crippen LogP contribution in [-0.2, 0) is 0 Å². The minimum absolute atomic E-state index is 0.0402. The first kappa shape index (κ1) is 21.1. The number of amides is 1. The van der Waals surface area contributed by atoms with E-state index in [1.165, 1.54) is 4.88 Å². The van der Waals surface area contributed by atoms with Gasteiger partial charge in [-0.1, -0.05) is 12.1 Å². The lowest BCUT2D eigenvalue weighted by atomic mass is 10.2. The average molecular weight is 438 g/mol. The third-order valence-electron chi connectivity index (χ3n) is 5.32. The van der Waals surface area contributed by atoms with Gasteiger partial charge in [0.1, 0.15) is 23.5 Å². The number of ether oxygens (including phenoxy) is 1. The van der Waals surface area contributed by atoms with E-state index in [0.29, 0.717) is 30.3 Å². The first-order valence-electron chi connectivity index (χ1n) is 10.3. The summed E-state index contributed by atoms with van der Waals surface area (Å²) >= 11 is 1.69. The van der Waals surface area contributed by atoms with Crippen LogP contribution in [-0.4, -0.2) is 44.6 Å². The van der Waals surface area contributed by atoms with Crippen molar-refractivity contribution in [2.24, 2.45) is 0 Å². The van der Waals surface area contributed by atoms with Crippen molar-refractivity contribution >= 4 is 34.6 Å². The number of carbonyl (C=O) groups is 1. The maximum Gasteiger partial charge on any atom is 0.262 e. The minimum atomic E-state index is -0.0889. The molecule has 0 saturated heterocycles. The fourth-order valence-electron chi connectivity index (χ4n) is 3.67. The Bertz CT molecular complexity index is 1040. The molecule has 0 spiro atoms. The van der Waals surface area contributed by atoms with Crippen molar-refractivity contribution in [3.05, 3.63) is 64.4 Å². The number of thiophene rings is 1. The molecule has 1 aliphatic heterocycles. The Labute approximate surface area is 186 Å². The number of nitrogen functional groups attached to an aromatic ring is 1. The minimum Gasteiger partial charge on any atom is -0.485 e. The summed E-state index contributed by atoms with van der Waals surface area (Å²) in [5.74, 6) is 1.68. The molecule has 3 N–H and O–H groups in total. The van der Waals surface area contributed by atoms with Crippen molar-refractivity contribution in [2.75, 3.05) is 49.3 Å². The number of carbonyl (C=O) groups excluding carboxylic acids is 1. The van der Waals surface area contributed by atoms with Crippen LogP contribution in [0.2, 0.25) is 0 Å². The molecular formula is C23H27N5O2S. The van der Waals surface area contributed by atoms with E-state index in [1.807, 2.05) is 49.3 Å². The lowest BCUT2D eigenvalue weighted by Crippen LogP contribution is -2.33. The molecule has 0 fully saturated rings. The zero-order chi connectivity index (χ0) is 21.8. The van der Waals surface area contributed by atoms with Gasteiger partial charge in [0.05, 0.1) is 5.56 Å². The maximum absolute atomic E-state index is 13.3. The number of nitrogens with one attached hydrogen (secondary N) is 1. The number of aromatic nitrogens is 1. The van der Waals surface area contributed by atoms with Gasteiger partial charge in [0.25, 0.3) is 5.91 Å². The van der Waals surface area contributed by atoms with E-state index < -0.39 is 0 Å². The summed E-state index contributed by atoms with van der Waals surface area (Å²) in [4.78, 5) is 22.6. The van der Waals surface area contributed by atoms with Gasteiger partial charge < -0.3 is 25.6 Å². The molecule has 3 heterocycles. The predicted octanol–water partition coefficient (Wildman–Crippen LogP) is 3.55. The van der Waals surface area contributed by atoms with Crippen LogP contribution >= 0.6 is 11.3 Å².